The van der Waals surface area contributed by atoms with Crippen molar-refractivity contribution in [2.24, 2.45) is 0 Å². The number of hydrogen-bond acceptors (Lipinski definition) is 3. The maximum Gasteiger partial charge on any atom is 0.251 e. The molecule has 0 saturated heterocycles. The van der Waals surface area contributed by atoms with Crippen molar-refractivity contribution < 1.29 is 4.79 Å². The van der Waals surface area contributed by atoms with Gasteiger partial charge < -0.3 is 5.32 Å². The summed E-state index contributed by atoms with van der Waals surface area (Å²) in [5, 5.41) is 16.3. The van der Waals surface area contributed by atoms with Crippen LogP contribution in [0.5, 0.6) is 0 Å². The third kappa shape index (κ3) is 3.23. The second-order valence-corrected chi connectivity index (χ2v) is 5.75. The zero-order valence-electron chi connectivity index (χ0n) is 12.0. The van der Waals surface area contributed by atoms with Crippen molar-refractivity contribution in [1.82, 2.24) is 9.78 Å². The highest BCUT2D eigenvalue weighted by atomic mass is 35.5. The lowest BCUT2D eigenvalue weighted by molar-refractivity contribution is -0.123. The fourth-order valence-electron chi connectivity index (χ4n) is 1.83. The van der Waals surface area contributed by atoms with Gasteiger partial charge in [0.1, 0.15) is 5.54 Å². The summed E-state index contributed by atoms with van der Waals surface area (Å²) in [5.74, 6) is -0.239. The maximum absolute atomic E-state index is 12.5. The number of carbonyl (C=O) groups is 1. The first kappa shape index (κ1) is 15.1. The molecule has 1 N–H and O–H groups in total. The van der Waals surface area contributed by atoms with Gasteiger partial charge >= 0.3 is 0 Å². The molecule has 1 heterocycles. The lowest BCUT2D eigenvalue weighted by atomic mass is 10.0. The van der Waals surface area contributed by atoms with Crippen molar-refractivity contribution in [2.45, 2.75) is 26.3 Å². The first-order valence-corrected chi connectivity index (χ1v) is 6.74. The van der Waals surface area contributed by atoms with Gasteiger partial charge in [-0.25, -0.2) is 0 Å². The number of halogens is 1. The topological polar surface area (TPSA) is 70.7 Å². The van der Waals surface area contributed by atoms with Gasteiger partial charge in [0.05, 0.1) is 17.8 Å². The van der Waals surface area contributed by atoms with Gasteiger partial charge in [0, 0.05) is 16.9 Å². The molecule has 2 rings (SSSR count). The first-order chi connectivity index (χ1) is 9.82. The Kier molecular flexibility index (Phi) is 4.01. The van der Waals surface area contributed by atoms with Crippen molar-refractivity contribution in [1.29, 1.82) is 5.26 Å². The average molecular weight is 303 g/mol. The monoisotopic (exact) mass is 302 g/mol. The van der Waals surface area contributed by atoms with Gasteiger partial charge in [0.15, 0.2) is 0 Å². The molecule has 0 aliphatic rings. The Morgan fingerprint density at radius 3 is 2.71 bits per heavy atom. The van der Waals surface area contributed by atoms with Gasteiger partial charge in [-0.1, -0.05) is 11.6 Å². The van der Waals surface area contributed by atoms with Crippen LogP contribution in [0, 0.1) is 18.3 Å². The molecule has 2 aromatic rings. The van der Waals surface area contributed by atoms with E-state index in [2.05, 4.69) is 10.4 Å². The zero-order valence-corrected chi connectivity index (χ0v) is 12.8. The summed E-state index contributed by atoms with van der Waals surface area (Å²) in [7, 11) is 0. The molecule has 0 atom stereocenters. The van der Waals surface area contributed by atoms with E-state index in [9.17, 15) is 4.79 Å². The highest BCUT2D eigenvalue weighted by Gasteiger charge is 2.30. The molecule has 0 aliphatic carbocycles. The van der Waals surface area contributed by atoms with Crippen LogP contribution in [0.1, 0.15) is 25.0 Å². The van der Waals surface area contributed by atoms with Crippen LogP contribution in [0.2, 0.25) is 5.02 Å². The molecule has 5 nitrogen and oxygen atoms in total. The van der Waals surface area contributed by atoms with Crippen LogP contribution >= 0.6 is 11.6 Å². The molecule has 1 aromatic heterocycles. The van der Waals surface area contributed by atoms with Gasteiger partial charge in [0.2, 0.25) is 0 Å². The largest absolute Gasteiger partial charge is 0.324 e. The number of benzene rings is 1. The molecular weight excluding hydrogens is 288 g/mol. The number of nitriles is 1. The van der Waals surface area contributed by atoms with E-state index in [0.29, 0.717) is 16.3 Å². The average Bonchev–Trinajstić information content (AvgIpc) is 2.85. The summed E-state index contributed by atoms with van der Waals surface area (Å²) in [6.45, 7) is 5.45. The Hall–Kier alpha value is -2.32. The summed E-state index contributed by atoms with van der Waals surface area (Å²) in [5.41, 5.74) is 1.00. The summed E-state index contributed by atoms with van der Waals surface area (Å²) >= 11 is 5.93. The molecule has 0 spiro atoms. The molecule has 21 heavy (non-hydrogen) atoms. The van der Waals surface area contributed by atoms with E-state index in [0.717, 1.165) is 5.56 Å². The normalized spacial score (nSPS) is 11.0. The number of aromatic nitrogens is 2. The number of nitrogens with one attached hydrogen (secondary N) is 1. The van der Waals surface area contributed by atoms with E-state index in [4.69, 9.17) is 16.9 Å². The number of hydrogen-bond donors (Lipinski definition) is 1. The number of anilines is 1. The highest BCUT2D eigenvalue weighted by molar-refractivity contribution is 6.31. The lowest BCUT2D eigenvalue weighted by Crippen LogP contribution is -2.40. The van der Waals surface area contributed by atoms with E-state index in [1.165, 1.54) is 0 Å². The van der Waals surface area contributed by atoms with Crippen molar-refractivity contribution in [2.75, 3.05) is 5.32 Å². The van der Waals surface area contributed by atoms with Crippen molar-refractivity contribution >= 4 is 23.2 Å². The van der Waals surface area contributed by atoms with Crippen molar-refractivity contribution in [3.05, 3.63) is 46.7 Å². The lowest BCUT2D eigenvalue weighted by Gasteiger charge is -2.24. The quantitative estimate of drug-likeness (QED) is 0.947. The van der Waals surface area contributed by atoms with Crippen LogP contribution in [0.3, 0.4) is 0 Å². The van der Waals surface area contributed by atoms with E-state index >= 15 is 0 Å². The second kappa shape index (κ2) is 5.58. The van der Waals surface area contributed by atoms with Gasteiger partial charge in [-0.15, -0.1) is 0 Å². The molecule has 6 heteroatoms. The number of carbonyl (C=O) groups excluding carboxylic acids is 1. The molecule has 0 unspecified atom stereocenters. The second-order valence-electron chi connectivity index (χ2n) is 5.32. The van der Waals surface area contributed by atoms with E-state index in [1.54, 1.807) is 49.1 Å². The van der Waals surface area contributed by atoms with Crippen LogP contribution < -0.4 is 5.32 Å². The number of aryl methyl sites for hydroxylation is 1. The minimum Gasteiger partial charge on any atom is -0.324 e. The summed E-state index contributed by atoms with van der Waals surface area (Å²) in [6, 6.07) is 6.72. The molecule has 0 bridgehead atoms. The van der Waals surface area contributed by atoms with Gasteiger partial charge in [-0.2, -0.15) is 10.4 Å². The Balaban J connectivity index is 2.25. The minimum atomic E-state index is -0.858. The van der Waals surface area contributed by atoms with Crippen LogP contribution in [0.25, 0.3) is 0 Å². The van der Waals surface area contributed by atoms with Crippen LogP contribution in [-0.2, 0) is 10.3 Å². The van der Waals surface area contributed by atoms with Crippen molar-refractivity contribution in [3.63, 3.8) is 0 Å². The van der Waals surface area contributed by atoms with Crippen LogP contribution in [0.15, 0.2) is 30.6 Å². The molecule has 0 fully saturated rings. The first-order valence-electron chi connectivity index (χ1n) is 6.37. The molecule has 1 aromatic carbocycles. The molecule has 0 aliphatic heterocycles. The van der Waals surface area contributed by atoms with Crippen LogP contribution in [-0.4, -0.2) is 15.7 Å². The number of rotatable bonds is 3. The summed E-state index contributed by atoms with van der Waals surface area (Å²) in [4.78, 5) is 12.5. The fourth-order valence-corrected chi connectivity index (χ4v) is 2.07. The SMILES string of the molecule is Cc1cnn(C(C)(C)C(=O)Nc2cc(Cl)cc(C#N)c2)c1. The van der Waals surface area contributed by atoms with Gasteiger partial charge in [0.25, 0.3) is 5.91 Å². The van der Waals surface area contributed by atoms with Gasteiger partial charge in [-0.05, 0) is 44.5 Å². The molecule has 1 amide bonds. The van der Waals surface area contributed by atoms with E-state index < -0.39 is 5.54 Å². The molecular formula is C15H15ClN4O. The number of amides is 1. The maximum atomic E-state index is 12.5. The van der Waals surface area contributed by atoms with Crippen molar-refractivity contribution in [3.8, 4) is 6.07 Å². The third-order valence-electron chi connectivity index (χ3n) is 3.12. The van der Waals surface area contributed by atoms with Gasteiger partial charge in [-0.3, -0.25) is 9.48 Å². The summed E-state index contributed by atoms with van der Waals surface area (Å²) in [6.07, 6.45) is 3.50. The molecule has 108 valence electrons. The Morgan fingerprint density at radius 2 is 2.14 bits per heavy atom. The highest BCUT2D eigenvalue weighted by Crippen LogP contribution is 2.22. The number of nitrogens with zero attached hydrogens (tertiary/aromatic N) is 3. The Morgan fingerprint density at radius 1 is 1.43 bits per heavy atom. The fraction of sp³-hybridized carbons (Fsp3) is 0.267. The molecule has 0 radical (unpaired) electrons. The Bertz CT molecular complexity index is 728. The zero-order chi connectivity index (χ0) is 15.6. The third-order valence-corrected chi connectivity index (χ3v) is 3.34. The van der Waals surface area contributed by atoms with E-state index in [1.807, 2.05) is 13.0 Å². The van der Waals surface area contributed by atoms with Crippen LogP contribution in [0.4, 0.5) is 5.69 Å². The standard InChI is InChI=1S/C15H15ClN4O/c1-10-8-18-20(9-10)15(2,3)14(21)19-13-5-11(7-17)4-12(16)6-13/h4-6,8-9H,1-3H3,(H,19,21). The molecule has 0 saturated carbocycles. The predicted molar refractivity (Wildman–Crippen MR) is 81.1 cm³/mol. The minimum absolute atomic E-state index is 0.239. The van der Waals surface area contributed by atoms with E-state index in [-0.39, 0.29) is 5.91 Å². The smallest absolute Gasteiger partial charge is 0.251 e. The Labute approximate surface area is 128 Å². The predicted octanol–water partition coefficient (Wildman–Crippen LogP) is 3.09. The summed E-state index contributed by atoms with van der Waals surface area (Å²) < 4.78 is 1.60.